The van der Waals surface area contributed by atoms with Gasteiger partial charge in [0.15, 0.2) is 5.96 Å². The predicted octanol–water partition coefficient (Wildman–Crippen LogP) is 0.360. The predicted molar refractivity (Wildman–Crippen MR) is 102 cm³/mol. The lowest BCUT2D eigenvalue weighted by molar-refractivity contribution is 0.0143. The number of nitrogens with zero attached hydrogens (tertiary/aromatic N) is 3. The van der Waals surface area contributed by atoms with Crippen LogP contribution < -0.4 is 11.1 Å². The summed E-state index contributed by atoms with van der Waals surface area (Å²) in [4.78, 5) is 9.54. The van der Waals surface area contributed by atoms with Crippen LogP contribution in [0.25, 0.3) is 0 Å². The molecule has 0 aromatic heterocycles. The van der Waals surface area contributed by atoms with E-state index in [0.29, 0.717) is 17.9 Å². The van der Waals surface area contributed by atoms with Gasteiger partial charge in [0.1, 0.15) is 0 Å². The Bertz CT molecular complexity index is 380. The van der Waals surface area contributed by atoms with Crippen LogP contribution in [0.15, 0.2) is 4.99 Å². The Balaban J connectivity index is 1.67. The molecule has 25 heavy (non-hydrogen) atoms. The first-order chi connectivity index (χ1) is 12.1. The number of morpholine rings is 2. The van der Waals surface area contributed by atoms with Gasteiger partial charge >= 0.3 is 0 Å². The first-order valence-electron chi connectivity index (χ1n) is 9.81. The number of hydrogen-bond donors (Lipinski definition) is 2. The van der Waals surface area contributed by atoms with Gasteiger partial charge in [-0.3, -0.25) is 14.8 Å². The van der Waals surface area contributed by atoms with Crippen LogP contribution in [0.5, 0.6) is 0 Å². The molecule has 2 rings (SSSR count). The molecule has 0 spiro atoms. The Kier molecular flexibility index (Phi) is 9.54. The number of hydrogen-bond acceptors (Lipinski definition) is 5. The van der Waals surface area contributed by atoms with Gasteiger partial charge in [-0.15, -0.1) is 0 Å². The van der Waals surface area contributed by atoms with Crippen molar-refractivity contribution in [2.24, 2.45) is 16.6 Å². The maximum Gasteiger partial charge on any atom is 0.188 e. The number of rotatable bonds is 9. The van der Waals surface area contributed by atoms with Gasteiger partial charge in [0, 0.05) is 38.8 Å². The molecule has 7 nitrogen and oxygen atoms in total. The summed E-state index contributed by atoms with van der Waals surface area (Å²) in [6, 6.07) is 0.456. The molecule has 0 saturated carbocycles. The van der Waals surface area contributed by atoms with Gasteiger partial charge in [-0.25, -0.2) is 0 Å². The smallest absolute Gasteiger partial charge is 0.188 e. The third-order valence-electron chi connectivity index (χ3n) is 4.84. The van der Waals surface area contributed by atoms with Crippen molar-refractivity contribution in [3.8, 4) is 0 Å². The zero-order valence-electron chi connectivity index (χ0n) is 16.1. The average molecular weight is 356 g/mol. The van der Waals surface area contributed by atoms with Crippen LogP contribution in [-0.2, 0) is 9.47 Å². The molecule has 0 radical (unpaired) electrons. The van der Waals surface area contributed by atoms with E-state index < -0.39 is 0 Å². The SMILES string of the molecule is CC(C)CC(CN=C(N)NCCCN1CCOCC1)N1CCOCC1. The fraction of sp³-hybridized carbons (Fsp3) is 0.944. The summed E-state index contributed by atoms with van der Waals surface area (Å²) in [5.74, 6) is 1.23. The minimum Gasteiger partial charge on any atom is -0.379 e. The molecule has 2 saturated heterocycles. The summed E-state index contributed by atoms with van der Waals surface area (Å²) in [5.41, 5.74) is 6.06. The summed E-state index contributed by atoms with van der Waals surface area (Å²) < 4.78 is 10.8. The summed E-state index contributed by atoms with van der Waals surface area (Å²) in [6.07, 6.45) is 2.23. The molecule has 3 N–H and O–H groups in total. The highest BCUT2D eigenvalue weighted by atomic mass is 16.5. The fourth-order valence-corrected chi connectivity index (χ4v) is 3.43. The van der Waals surface area contributed by atoms with Crippen molar-refractivity contribution in [1.29, 1.82) is 0 Å². The highest BCUT2D eigenvalue weighted by Gasteiger charge is 2.21. The van der Waals surface area contributed by atoms with E-state index in [0.717, 1.165) is 85.1 Å². The van der Waals surface area contributed by atoms with Gasteiger partial charge < -0.3 is 20.5 Å². The molecule has 2 fully saturated rings. The summed E-state index contributed by atoms with van der Waals surface area (Å²) >= 11 is 0. The molecule has 1 atom stereocenters. The molecule has 2 aliphatic heterocycles. The van der Waals surface area contributed by atoms with Crippen LogP contribution >= 0.6 is 0 Å². The fourth-order valence-electron chi connectivity index (χ4n) is 3.43. The van der Waals surface area contributed by atoms with Crippen LogP contribution in [-0.4, -0.2) is 94.0 Å². The maximum absolute atomic E-state index is 6.06. The number of ether oxygens (including phenoxy) is 2. The Labute approximate surface area is 152 Å². The van der Waals surface area contributed by atoms with Crippen molar-refractivity contribution in [3.63, 3.8) is 0 Å². The lowest BCUT2D eigenvalue weighted by Gasteiger charge is -2.34. The van der Waals surface area contributed by atoms with E-state index in [2.05, 4.69) is 34.0 Å². The monoisotopic (exact) mass is 355 g/mol. The maximum atomic E-state index is 6.06. The highest BCUT2D eigenvalue weighted by molar-refractivity contribution is 5.77. The molecule has 2 heterocycles. The third-order valence-corrected chi connectivity index (χ3v) is 4.84. The van der Waals surface area contributed by atoms with E-state index >= 15 is 0 Å². The van der Waals surface area contributed by atoms with Crippen LogP contribution in [0.4, 0.5) is 0 Å². The van der Waals surface area contributed by atoms with E-state index in [1.54, 1.807) is 0 Å². The normalized spacial score (nSPS) is 22.3. The number of nitrogens with one attached hydrogen (secondary N) is 1. The quantitative estimate of drug-likeness (QED) is 0.353. The summed E-state index contributed by atoms with van der Waals surface area (Å²) in [5, 5.41) is 3.26. The Morgan fingerprint density at radius 1 is 1.08 bits per heavy atom. The van der Waals surface area contributed by atoms with Crippen LogP contribution in [0, 0.1) is 5.92 Å². The topological polar surface area (TPSA) is 75.3 Å². The lowest BCUT2D eigenvalue weighted by atomic mass is 10.0. The lowest BCUT2D eigenvalue weighted by Crippen LogP contribution is -2.46. The standard InChI is InChI=1S/C18H37N5O2/c1-16(2)14-17(23-8-12-25-13-9-23)15-21-18(19)20-4-3-5-22-6-10-24-11-7-22/h16-17H,3-15H2,1-2H3,(H3,19,20,21). The highest BCUT2D eigenvalue weighted by Crippen LogP contribution is 2.13. The first kappa shape index (κ1) is 20.4. The first-order valence-corrected chi connectivity index (χ1v) is 9.81. The van der Waals surface area contributed by atoms with Gasteiger partial charge in [0.2, 0.25) is 0 Å². The molecule has 1 unspecified atom stereocenters. The van der Waals surface area contributed by atoms with Gasteiger partial charge in [-0.05, 0) is 25.3 Å². The minimum atomic E-state index is 0.456. The average Bonchev–Trinajstić information content (AvgIpc) is 2.63. The van der Waals surface area contributed by atoms with E-state index in [9.17, 15) is 0 Å². The zero-order valence-corrected chi connectivity index (χ0v) is 16.1. The Hall–Kier alpha value is -0.890. The summed E-state index contributed by atoms with van der Waals surface area (Å²) in [6.45, 7) is 14.7. The molecule has 7 heteroatoms. The second kappa shape index (κ2) is 11.7. The molecule has 0 bridgehead atoms. The third kappa shape index (κ3) is 8.35. The molecule has 146 valence electrons. The van der Waals surface area contributed by atoms with Crippen molar-refractivity contribution in [2.45, 2.75) is 32.7 Å². The van der Waals surface area contributed by atoms with Crippen molar-refractivity contribution in [1.82, 2.24) is 15.1 Å². The van der Waals surface area contributed by atoms with E-state index in [-0.39, 0.29) is 0 Å². The van der Waals surface area contributed by atoms with Gasteiger partial charge in [-0.2, -0.15) is 0 Å². The molecular formula is C18H37N5O2. The van der Waals surface area contributed by atoms with Crippen molar-refractivity contribution >= 4 is 5.96 Å². The van der Waals surface area contributed by atoms with E-state index in [4.69, 9.17) is 15.2 Å². The molecule has 0 aromatic rings. The van der Waals surface area contributed by atoms with Crippen molar-refractivity contribution in [2.75, 3.05) is 72.2 Å². The molecule has 2 aliphatic rings. The second-order valence-electron chi connectivity index (χ2n) is 7.39. The van der Waals surface area contributed by atoms with Crippen molar-refractivity contribution in [3.05, 3.63) is 0 Å². The van der Waals surface area contributed by atoms with Gasteiger partial charge in [-0.1, -0.05) is 13.8 Å². The van der Waals surface area contributed by atoms with Gasteiger partial charge in [0.05, 0.1) is 33.0 Å². The molecular weight excluding hydrogens is 318 g/mol. The Morgan fingerprint density at radius 3 is 2.36 bits per heavy atom. The Morgan fingerprint density at radius 2 is 1.72 bits per heavy atom. The summed E-state index contributed by atoms with van der Waals surface area (Å²) in [7, 11) is 0. The van der Waals surface area contributed by atoms with Crippen molar-refractivity contribution < 1.29 is 9.47 Å². The van der Waals surface area contributed by atoms with Crippen LogP contribution in [0.2, 0.25) is 0 Å². The molecule has 0 aromatic carbocycles. The van der Waals surface area contributed by atoms with E-state index in [1.807, 2.05) is 0 Å². The zero-order chi connectivity index (χ0) is 17.9. The van der Waals surface area contributed by atoms with Crippen LogP contribution in [0.3, 0.4) is 0 Å². The number of aliphatic imine (C=N–C) groups is 1. The second-order valence-corrected chi connectivity index (χ2v) is 7.39. The minimum absolute atomic E-state index is 0.456. The van der Waals surface area contributed by atoms with Gasteiger partial charge in [0.25, 0.3) is 0 Å². The number of guanidine groups is 1. The largest absolute Gasteiger partial charge is 0.379 e. The van der Waals surface area contributed by atoms with Crippen LogP contribution in [0.1, 0.15) is 26.7 Å². The molecule has 0 amide bonds. The van der Waals surface area contributed by atoms with E-state index in [1.165, 1.54) is 0 Å². The number of nitrogens with two attached hydrogens (primary N) is 1. The molecule has 0 aliphatic carbocycles.